The van der Waals surface area contributed by atoms with Crippen LogP contribution in [0.5, 0.6) is 0 Å². The molecule has 3 fully saturated rings. The monoisotopic (exact) mass is 346 g/mol. The van der Waals surface area contributed by atoms with Gasteiger partial charge in [0.1, 0.15) is 6.61 Å². The maximum absolute atomic E-state index is 12.0. The number of esters is 1. The van der Waals surface area contributed by atoms with Crippen LogP contribution in [0.15, 0.2) is 11.6 Å². The number of aliphatic hydroxyl groups is 1. The molecule has 4 heteroatoms. The Morgan fingerprint density at radius 1 is 1.20 bits per heavy atom. The number of carbonyl (C=O) groups excluding carboxylic acids is 2. The lowest BCUT2D eigenvalue weighted by atomic mass is 9.47. The number of rotatable bonds is 2. The zero-order valence-corrected chi connectivity index (χ0v) is 15.4. The fraction of sp³-hybridized carbons (Fsp3) is 0.810. The zero-order chi connectivity index (χ0) is 17.8. The van der Waals surface area contributed by atoms with Crippen molar-refractivity contribution in [2.45, 2.75) is 71.3 Å². The van der Waals surface area contributed by atoms with E-state index in [0.29, 0.717) is 30.8 Å². The molecule has 3 saturated carbocycles. The summed E-state index contributed by atoms with van der Waals surface area (Å²) >= 11 is 0. The van der Waals surface area contributed by atoms with E-state index in [1.807, 2.05) is 6.08 Å². The predicted molar refractivity (Wildman–Crippen MR) is 93.7 cm³/mol. The van der Waals surface area contributed by atoms with Crippen LogP contribution in [-0.2, 0) is 14.3 Å². The molecule has 0 aliphatic heterocycles. The van der Waals surface area contributed by atoms with E-state index in [0.717, 1.165) is 44.9 Å². The van der Waals surface area contributed by atoms with Gasteiger partial charge < -0.3 is 9.84 Å². The Bertz CT molecular complexity index is 623. The molecule has 4 aliphatic carbocycles. The molecule has 138 valence electrons. The summed E-state index contributed by atoms with van der Waals surface area (Å²) in [6, 6.07) is 0. The van der Waals surface area contributed by atoms with Crippen LogP contribution < -0.4 is 0 Å². The molecule has 0 radical (unpaired) electrons. The summed E-state index contributed by atoms with van der Waals surface area (Å²) in [5.74, 6) is 1.61. The van der Waals surface area contributed by atoms with E-state index < -0.39 is 0 Å². The minimum atomic E-state index is -0.232. The molecule has 0 spiro atoms. The van der Waals surface area contributed by atoms with Crippen LogP contribution in [0, 0.1) is 28.6 Å². The van der Waals surface area contributed by atoms with E-state index in [2.05, 4.69) is 6.92 Å². The number of aliphatic hydroxyl groups excluding tert-OH is 1. The van der Waals surface area contributed by atoms with Crippen molar-refractivity contribution in [1.29, 1.82) is 0 Å². The van der Waals surface area contributed by atoms with Crippen molar-refractivity contribution in [3.63, 3.8) is 0 Å². The molecule has 0 aromatic carbocycles. The average molecular weight is 346 g/mol. The van der Waals surface area contributed by atoms with Crippen molar-refractivity contribution in [3.05, 3.63) is 11.6 Å². The summed E-state index contributed by atoms with van der Waals surface area (Å²) in [6.07, 6.45) is 9.27. The van der Waals surface area contributed by atoms with Gasteiger partial charge in [-0.25, -0.2) is 0 Å². The van der Waals surface area contributed by atoms with Crippen LogP contribution in [0.3, 0.4) is 0 Å². The van der Waals surface area contributed by atoms with Crippen LogP contribution >= 0.6 is 0 Å². The topological polar surface area (TPSA) is 63.6 Å². The SMILES string of the molecule is CC(=O)OC[C@]12CCC(=O)C=C1CC[C@@H]1[C@H]2CC[C@]2(C)C(O)CC[C@@H]12. The third-order valence-corrected chi connectivity index (χ3v) is 8.17. The van der Waals surface area contributed by atoms with Crippen molar-refractivity contribution < 1.29 is 19.4 Å². The largest absolute Gasteiger partial charge is 0.465 e. The van der Waals surface area contributed by atoms with Gasteiger partial charge in [0.05, 0.1) is 6.10 Å². The fourth-order valence-corrected chi connectivity index (χ4v) is 6.83. The van der Waals surface area contributed by atoms with Gasteiger partial charge in [-0.05, 0) is 74.2 Å². The maximum atomic E-state index is 12.0. The van der Waals surface area contributed by atoms with Gasteiger partial charge in [0.2, 0.25) is 0 Å². The Balaban J connectivity index is 1.69. The van der Waals surface area contributed by atoms with Gasteiger partial charge in [-0.3, -0.25) is 9.59 Å². The summed E-state index contributed by atoms with van der Waals surface area (Å²) in [7, 11) is 0. The van der Waals surface area contributed by atoms with Gasteiger partial charge in [0, 0.05) is 18.8 Å². The second-order valence-corrected chi connectivity index (χ2v) is 9.13. The third kappa shape index (κ3) is 2.51. The number of carbonyl (C=O) groups is 2. The lowest BCUT2D eigenvalue weighted by Crippen LogP contribution is -2.53. The molecule has 0 heterocycles. The first-order valence-electron chi connectivity index (χ1n) is 9.92. The Labute approximate surface area is 150 Å². The van der Waals surface area contributed by atoms with E-state index in [9.17, 15) is 14.7 Å². The standard InChI is InChI=1S/C21H30O4/c1-13(22)25-12-21-10-7-15(23)11-14(21)3-4-16-17-5-6-19(24)20(17,2)9-8-18(16)21/h11,16-19,24H,3-10,12H2,1-2H3/t16-,17-,18+,19?,20-,21+/m0/s1. The molecule has 1 N–H and O–H groups in total. The number of fused-ring (bicyclic) bond motifs is 5. The minimum Gasteiger partial charge on any atom is -0.465 e. The molecule has 25 heavy (non-hydrogen) atoms. The van der Waals surface area contributed by atoms with Gasteiger partial charge in [0.25, 0.3) is 0 Å². The van der Waals surface area contributed by atoms with Crippen LogP contribution in [-0.4, -0.2) is 29.6 Å². The number of hydrogen-bond acceptors (Lipinski definition) is 4. The van der Waals surface area contributed by atoms with Crippen LogP contribution in [0.2, 0.25) is 0 Å². The smallest absolute Gasteiger partial charge is 0.302 e. The number of ether oxygens (including phenoxy) is 1. The molecule has 0 aromatic rings. The lowest BCUT2D eigenvalue weighted by Gasteiger charge is -2.58. The van der Waals surface area contributed by atoms with Crippen LogP contribution in [0.1, 0.15) is 65.2 Å². The van der Waals surface area contributed by atoms with Crippen molar-refractivity contribution in [2.75, 3.05) is 6.61 Å². The summed E-state index contributed by atoms with van der Waals surface area (Å²) in [6.45, 7) is 4.17. The Morgan fingerprint density at radius 2 is 2.00 bits per heavy atom. The normalized spacial score (nSPS) is 45.9. The fourth-order valence-electron chi connectivity index (χ4n) is 6.83. The molecular weight excluding hydrogens is 316 g/mol. The summed E-state index contributed by atoms with van der Waals surface area (Å²) in [4.78, 5) is 23.5. The van der Waals surface area contributed by atoms with Gasteiger partial charge in [-0.2, -0.15) is 0 Å². The van der Waals surface area contributed by atoms with Crippen molar-refractivity contribution in [1.82, 2.24) is 0 Å². The van der Waals surface area contributed by atoms with Crippen LogP contribution in [0.25, 0.3) is 0 Å². The highest BCUT2D eigenvalue weighted by Crippen LogP contribution is 2.65. The second-order valence-electron chi connectivity index (χ2n) is 9.13. The molecular formula is C21H30O4. The molecule has 4 rings (SSSR count). The first kappa shape index (κ1) is 17.3. The Kier molecular flexibility index (Phi) is 4.10. The minimum absolute atomic E-state index is 0.0511. The second kappa shape index (κ2) is 5.94. The molecule has 0 aromatic heterocycles. The molecule has 1 unspecified atom stereocenters. The highest BCUT2D eigenvalue weighted by atomic mass is 16.5. The first-order chi connectivity index (χ1) is 11.9. The lowest BCUT2D eigenvalue weighted by molar-refractivity contribution is -0.150. The van der Waals surface area contributed by atoms with Gasteiger partial charge in [-0.1, -0.05) is 12.5 Å². The van der Waals surface area contributed by atoms with Crippen molar-refractivity contribution in [2.24, 2.45) is 28.6 Å². The number of ketones is 1. The molecule has 4 aliphatic rings. The van der Waals surface area contributed by atoms with E-state index in [1.165, 1.54) is 12.5 Å². The summed E-state index contributed by atoms with van der Waals surface area (Å²) < 4.78 is 5.54. The molecule has 0 bridgehead atoms. The van der Waals surface area contributed by atoms with Gasteiger partial charge in [-0.15, -0.1) is 0 Å². The van der Waals surface area contributed by atoms with Gasteiger partial charge >= 0.3 is 5.97 Å². The summed E-state index contributed by atoms with van der Waals surface area (Å²) in [5, 5.41) is 10.6. The Morgan fingerprint density at radius 3 is 2.76 bits per heavy atom. The maximum Gasteiger partial charge on any atom is 0.302 e. The molecule has 0 saturated heterocycles. The van der Waals surface area contributed by atoms with Crippen molar-refractivity contribution in [3.8, 4) is 0 Å². The van der Waals surface area contributed by atoms with E-state index in [4.69, 9.17) is 4.74 Å². The third-order valence-electron chi connectivity index (χ3n) is 8.17. The van der Waals surface area contributed by atoms with Crippen molar-refractivity contribution >= 4 is 11.8 Å². The van der Waals surface area contributed by atoms with E-state index >= 15 is 0 Å². The van der Waals surface area contributed by atoms with Gasteiger partial charge in [0.15, 0.2) is 5.78 Å². The van der Waals surface area contributed by atoms with Crippen LogP contribution in [0.4, 0.5) is 0 Å². The zero-order valence-electron chi connectivity index (χ0n) is 15.4. The predicted octanol–water partition coefficient (Wildman–Crippen LogP) is 3.42. The van der Waals surface area contributed by atoms with E-state index in [-0.39, 0.29) is 28.7 Å². The molecule has 6 atom stereocenters. The Hall–Kier alpha value is -1.16. The molecule has 0 amide bonds. The summed E-state index contributed by atoms with van der Waals surface area (Å²) in [5.41, 5.74) is 1.14. The van der Waals surface area contributed by atoms with E-state index in [1.54, 1.807) is 0 Å². The quantitative estimate of drug-likeness (QED) is 0.778. The number of hydrogen-bond donors (Lipinski definition) is 1. The molecule has 4 nitrogen and oxygen atoms in total. The highest BCUT2D eigenvalue weighted by Gasteiger charge is 2.60. The average Bonchev–Trinajstić information content (AvgIpc) is 2.88. The highest BCUT2D eigenvalue weighted by molar-refractivity contribution is 5.91. The first-order valence-corrected chi connectivity index (χ1v) is 9.92.